The van der Waals surface area contributed by atoms with Crippen LogP contribution in [0.2, 0.25) is 0 Å². The summed E-state index contributed by atoms with van der Waals surface area (Å²) in [6.45, 7) is 4.21. The van der Waals surface area contributed by atoms with Gasteiger partial charge in [0.15, 0.2) is 5.96 Å². The number of thiophene rings is 1. The van der Waals surface area contributed by atoms with Crippen molar-refractivity contribution in [2.45, 2.75) is 25.4 Å². The van der Waals surface area contributed by atoms with E-state index in [0.717, 1.165) is 25.1 Å². The Hall–Kier alpha value is -1.10. The Morgan fingerprint density at radius 2 is 1.96 bits per heavy atom. The first-order valence-electron chi connectivity index (χ1n) is 8.89. The number of likely N-dealkylation sites (N-methyl/N-ethyl adjacent to an activating group) is 1. The molecule has 2 heterocycles. The zero-order chi connectivity index (χ0) is 18.8. The highest BCUT2D eigenvalue weighted by molar-refractivity contribution is 14.0. The van der Waals surface area contributed by atoms with Gasteiger partial charge in [-0.25, -0.2) is 0 Å². The van der Waals surface area contributed by atoms with E-state index < -0.39 is 5.60 Å². The lowest BCUT2D eigenvalue weighted by atomic mass is 10.1. The summed E-state index contributed by atoms with van der Waals surface area (Å²) in [5, 5.41) is 19.2. The van der Waals surface area contributed by atoms with Crippen LogP contribution in [0.3, 0.4) is 0 Å². The molecule has 1 unspecified atom stereocenters. The van der Waals surface area contributed by atoms with E-state index in [1.165, 1.54) is 4.88 Å². The molecule has 3 N–H and O–H groups in total. The van der Waals surface area contributed by atoms with Crippen molar-refractivity contribution in [2.75, 3.05) is 40.3 Å². The fourth-order valence-electron chi connectivity index (χ4n) is 2.67. The van der Waals surface area contributed by atoms with Crippen molar-refractivity contribution in [1.29, 1.82) is 0 Å². The minimum atomic E-state index is -0.868. The molecule has 0 radical (unpaired) electrons. The Bertz CT molecular complexity index is 600. The Labute approximate surface area is 183 Å². The third-order valence-corrected chi connectivity index (χ3v) is 4.66. The summed E-state index contributed by atoms with van der Waals surface area (Å²) in [5.41, 5.74) is -0.868. The van der Waals surface area contributed by atoms with Crippen LogP contribution in [0.5, 0.6) is 0 Å². The van der Waals surface area contributed by atoms with E-state index in [9.17, 15) is 5.11 Å². The number of hydrogen-bond donors (Lipinski definition) is 3. The first-order chi connectivity index (χ1) is 12.4. The van der Waals surface area contributed by atoms with Gasteiger partial charge in [0.25, 0.3) is 0 Å². The van der Waals surface area contributed by atoms with Crippen LogP contribution in [-0.2, 0) is 12.8 Å². The molecule has 2 aromatic heterocycles. The third-order valence-electron chi connectivity index (χ3n) is 3.72. The average molecular weight is 506 g/mol. The molecule has 0 spiro atoms. The summed E-state index contributed by atoms with van der Waals surface area (Å²) in [6, 6.07) is 8.05. The van der Waals surface area contributed by atoms with Crippen LogP contribution in [0.1, 0.15) is 17.6 Å². The van der Waals surface area contributed by atoms with E-state index >= 15 is 0 Å². The third kappa shape index (κ3) is 10.1. The van der Waals surface area contributed by atoms with E-state index in [0.29, 0.717) is 25.6 Å². The summed E-state index contributed by atoms with van der Waals surface area (Å²) in [7, 11) is 3.89. The van der Waals surface area contributed by atoms with Crippen LogP contribution in [0.15, 0.2) is 45.3 Å². The Morgan fingerprint density at radius 3 is 2.56 bits per heavy atom. The maximum Gasteiger partial charge on any atom is 0.191 e. The van der Waals surface area contributed by atoms with E-state index in [2.05, 4.69) is 33.1 Å². The van der Waals surface area contributed by atoms with Crippen LogP contribution < -0.4 is 10.6 Å². The summed E-state index contributed by atoms with van der Waals surface area (Å²) < 4.78 is 5.36. The highest BCUT2D eigenvalue weighted by Crippen LogP contribution is 2.08. The lowest BCUT2D eigenvalue weighted by Crippen LogP contribution is -2.43. The van der Waals surface area contributed by atoms with Gasteiger partial charge in [-0.3, -0.25) is 4.99 Å². The summed E-state index contributed by atoms with van der Waals surface area (Å²) >= 11 is 1.76. The molecule has 6 nitrogen and oxygen atoms in total. The summed E-state index contributed by atoms with van der Waals surface area (Å²) in [4.78, 5) is 7.88. The molecule has 2 rings (SSSR count). The van der Waals surface area contributed by atoms with Crippen LogP contribution >= 0.6 is 35.3 Å². The fourth-order valence-corrected chi connectivity index (χ4v) is 3.38. The maximum absolute atomic E-state index is 10.5. The molecule has 0 aliphatic rings. The molecule has 8 heteroatoms. The van der Waals surface area contributed by atoms with Crippen molar-refractivity contribution in [3.05, 3.63) is 46.5 Å². The highest BCUT2D eigenvalue weighted by atomic mass is 127. The normalized spacial score (nSPS) is 13.9. The van der Waals surface area contributed by atoms with Gasteiger partial charge in [-0.2, -0.15) is 0 Å². The van der Waals surface area contributed by atoms with E-state index in [4.69, 9.17) is 4.42 Å². The van der Waals surface area contributed by atoms with Gasteiger partial charge in [-0.15, -0.1) is 35.3 Å². The topological polar surface area (TPSA) is 73.0 Å². The van der Waals surface area contributed by atoms with Crippen molar-refractivity contribution in [3.8, 4) is 0 Å². The predicted octanol–water partition coefficient (Wildman–Crippen LogP) is 2.59. The largest absolute Gasteiger partial charge is 0.469 e. The zero-order valence-corrected chi connectivity index (χ0v) is 19.4. The van der Waals surface area contributed by atoms with E-state index in [1.807, 2.05) is 38.1 Å². The Kier molecular flexibility index (Phi) is 11.0. The molecule has 0 saturated carbocycles. The summed E-state index contributed by atoms with van der Waals surface area (Å²) in [6.07, 6.45) is 3.42. The minimum Gasteiger partial charge on any atom is -0.469 e. The molecule has 0 saturated heterocycles. The molecule has 0 aliphatic heterocycles. The number of nitrogens with one attached hydrogen (secondary N) is 2. The second-order valence-corrected chi connectivity index (χ2v) is 7.94. The zero-order valence-electron chi connectivity index (χ0n) is 16.3. The maximum atomic E-state index is 10.5. The molecule has 152 valence electrons. The minimum absolute atomic E-state index is 0. The van der Waals surface area contributed by atoms with Gasteiger partial charge in [0.1, 0.15) is 5.76 Å². The molecule has 0 amide bonds. The van der Waals surface area contributed by atoms with Gasteiger partial charge < -0.3 is 25.1 Å². The van der Waals surface area contributed by atoms with Crippen LogP contribution in [0, 0.1) is 0 Å². The van der Waals surface area contributed by atoms with Crippen molar-refractivity contribution in [2.24, 2.45) is 4.99 Å². The van der Waals surface area contributed by atoms with Gasteiger partial charge in [0.2, 0.25) is 0 Å². The predicted molar refractivity (Wildman–Crippen MR) is 123 cm³/mol. The molecule has 27 heavy (non-hydrogen) atoms. The Morgan fingerprint density at radius 1 is 1.22 bits per heavy atom. The molecule has 0 aromatic carbocycles. The monoisotopic (exact) mass is 506 g/mol. The molecular weight excluding hydrogens is 475 g/mol. The summed E-state index contributed by atoms with van der Waals surface area (Å²) in [5.74, 6) is 1.65. The van der Waals surface area contributed by atoms with Crippen molar-refractivity contribution < 1.29 is 9.52 Å². The number of furan rings is 1. The SMILES string of the molecule is CN(C)CC(C)(O)CN=C(NCCc1ccco1)NCCc1cccs1.I. The molecular formula is C19H31IN4O2S. The molecule has 0 bridgehead atoms. The molecule has 0 fully saturated rings. The van der Waals surface area contributed by atoms with Crippen molar-refractivity contribution in [3.63, 3.8) is 0 Å². The lowest BCUT2D eigenvalue weighted by Gasteiger charge is -2.25. The smallest absolute Gasteiger partial charge is 0.191 e. The van der Waals surface area contributed by atoms with Crippen molar-refractivity contribution in [1.82, 2.24) is 15.5 Å². The number of halogens is 1. The van der Waals surface area contributed by atoms with E-state index in [1.54, 1.807) is 17.6 Å². The van der Waals surface area contributed by atoms with Gasteiger partial charge in [-0.05, 0) is 51.0 Å². The standard InChI is InChI=1S/C19H30N4O2S.HI/c1-19(24,15-23(2)3)14-22-18(20-10-8-16-6-4-12-25-16)21-11-9-17-7-5-13-26-17;/h4-7,12-13,24H,8-11,14-15H2,1-3H3,(H2,20,21,22);1H. The van der Waals surface area contributed by atoms with Crippen LogP contribution in [-0.4, -0.2) is 61.8 Å². The van der Waals surface area contributed by atoms with Gasteiger partial charge in [0.05, 0.1) is 18.4 Å². The molecule has 1 atom stereocenters. The quantitative estimate of drug-likeness (QED) is 0.263. The van der Waals surface area contributed by atoms with Gasteiger partial charge >= 0.3 is 0 Å². The number of aliphatic imine (C=N–C) groups is 1. The van der Waals surface area contributed by atoms with Gasteiger partial charge in [-0.1, -0.05) is 6.07 Å². The number of guanidine groups is 1. The highest BCUT2D eigenvalue weighted by Gasteiger charge is 2.21. The first-order valence-corrected chi connectivity index (χ1v) is 9.77. The average Bonchev–Trinajstić information content (AvgIpc) is 3.24. The molecule has 0 aliphatic carbocycles. The van der Waals surface area contributed by atoms with Gasteiger partial charge in [0, 0.05) is 30.9 Å². The lowest BCUT2D eigenvalue weighted by molar-refractivity contribution is 0.0423. The Balaban J connectivity index is 0.00000364. The second kappa shape index (κ2) is 12.4. The molecule has 2 aromatic rings. The number of hydrogen-bond acceptors (Lipinski definition) is 5. The van der Waals surface area contributed by atoms with Crippen molar-refractivity contribution >= 4 is 41.3 Å². The van der Waals surface area contributed by atoms with E-state index in [-0.39, 0.29) is 24.0 Å². The fraction of sp³-hybridized carbons (Fsp3) is 0.526. The number of aliphatic hydroxyl groups is 1. The van der Waals surface area contributed by atoms with Crippen LogP contribution in [0.25, 0.3) is 0 Å². The second-order valence-electron chi connectivity index (χ2n) is 6.91. The number of rotatable bonds is 10. The number of nitrogens with zero attached hydrogens (tertiary/aromatic N) is 2. The first kappa shape index (κ1) is 23.9. The van der Waals surface area contributed by atoms with Crippen LogP contribution in [0.4, 0.5) is 0 Å².